The maximum atomic E-state index is 12.3. The number of hydrogen-bond donors (Lipinski definition) is 2. The van der Waals surface area contributed by atoms with Crippen LogP contribution in [0, 0.1) is 13.8 Å². The van der Waals surface area contributed by atoms with Gasteiger partial charge < -0.3 is 11.1 Å². The minimum atomic E-state index is -0.222. The minimum Gasteiger partial charge on any atom is -0.345 e. The predicted molar refractivity (Wildman–Crippen MR) is 69.2 cm³/mol. The zero-order chi connectivity index (χ0) is 13.2. The van der Waals surface area contributed by atoms with E-state index < -0.39 is 0 Å². The van der Waals surface area contributed by atoms with Crippen LogP contribution >= 0.6 is 0 Å². The predicted octanol–water partition coefficient (Wildman–Crippen LogP) is 1.09. The van der Waals surface area contributed by atoms with Gasteiger partial charge >= 0.3 is 0 Å². The molecule has 0 saturated heterocycles. The molecule has 1 amide bonds. The Morgan fingerprint density at radius 1 is 1.39 bits per heavy atom. The molecule has 2 rings (SSSR count). The summed E-state index contributed by atoms with van der Waals surface area (Å²) in [5.74, 6) is -0.0853. The number of hydrogen-bond acceptors (Lipinski definition) is 4. The van der Waals surface area contributed by atoms with Crippen molar-refractivity contribution < 1.29 is 4.79 Å². The Kier molecular flexibility index (Phi) is 3.61. The third-order valence-corrected chi connectivity index (χ3v) is 3.68. The second-order valence-corrected chi connectivity index (χ2v) is 5.13. The van der Waals surface area contributed by atoms with Crippen LogP contribution < -0.4 is 11.1 Å². The van der Waals surface area contributed by atoms with Crippen LogP contribution in [0.5, 0.6) is 0 Å². The fraction of sp³-hybridized carbons (Fsp3) is 0.615. The van der Waals surface area contributed by atoms with Crippen LogP contribution in [0.15, 0.2) is 6.07 Å². The van der Waals surface area contributed by atoms with Gasteiger partial charge in [-0.25, -0.2) is 0 Å². The van der Waals surface area contributed by atoms with E-state index in [0.717, 1.165) is 31.4 Å². The maximum Gasteiger partial charge on any atom is 0.253 e. The largest absolute Gasteiger partial charge is 0.345 e. The Labute approximate surface area is 107 Å². The molecule has 0 unspecified atom stereocenters. The van der Waals surface area contributed by atoms with E-state index in [0.29, 0.717) is 17.8 Å². The second-order valence-electron chi connectivity index (χ2n) is 5.13. The van der Waals surface area contributed by atoms with Gasteiger partial charge in [-0.3, -0.25) is 4.79 Å². The highest BCUT2D eigenvalue weighted by molar-refractivity contribution is 5.95. The van der Waals surface area contributed by atoms with Gasteiger partial charge in [-0.2, -0.15) is 10.2 Å². The zero-order valence-corrected chi connectivity index (χ0v) is 11.0. The fourth-order valence-electron chi connectivity index (χ4n) is 2.52. The molecule has 3 N–H and O–H groups in total. The molecule has 0 bridgehead atoms. The molecule has 1 heterocycles. The van der Waals surface area contributed by atoms with Crippen molar-refractivity contribution in [3.05, 3.63) is 23.0 Å². The first-order valence-corrected chi connectivity index (χ1v) is 6.40. The first kappa shape index (κ1) is 13.0. The molecule has 5 nitrogen and oxygen atoms in total. The Morgan fingerprint density at radius 2 is 2.06 bits per heavy atom. The third kappa shape index (κ3) is 2.51. The molecule has 1 aromatic heterocycles. The van der Waals surface area contributed by atoms with Crippen LogP contribution in [0.3, 0.4) is 0 Å². The van der Waals surface area contributed by atoms with E-state index in [2.05, 4.69) is 15.5 Å². The van der Waals surface area contributed by atoms with E-state index in [4.69, 9.17) is 5.73 Å². The van der Waals surface area contributed by atoms with Crippen molar-refractivity contribution in [2.24, 2.45) is 5.73 Å². The maximum absolute atomic E-state index is 12.3. The molecule has 5 heteroatoms. The minimum absolute atomic E-state index is 0.0853. The van der Waals surface area contributed by atoms with E-state index in [1.54, 1.807) is 13.0 Å². The molecule has 0 aliphatic heterocycles. The molecule has 1 aliphatic rings. The number of amides is 1. The molecule has 1 saturated carbocycles. The van der Waals surface area contributed by atoms with Crippen LogP contribution in [-0.4, -0.2) is 28.2 Å². The lowest BCUT2D eigenvalue weighted by molar-refractivity contribution is 0.0901. The van der Waals surface area contributed by atoms with Crippen molar-refractivity contribution in [2.75, 3.05) is 6.54 Å². The average molecular weight is 248 g/mol. The molecule has 0 aromatic carbocycles. The molecule has 1 aromatic rings. The number of carbonyl (C=O) groups excluding carboxylic acids is 1. The van der Waals surface area contributed by atoms with Crippen LogP contribution in [0.25, 0.3) is 0 Å². The summed E-state index contributed by atoms with van der Waals surface area (Å²) >= 11 is 0. The van der Waals surface area contributed by atoms with Crippen LogP contribution in [0.2, 0.25) is 0 Å². The lowest BCUT2D eigenvalue weighted by Crippen LogP contribution is -2.51. The summed E-state index contributed by atoms with van der Waals surface area (Å²) in [6.45, 7) is 4.12. The normalized spacial score (nSPS) is 17.7. The average Bonchev–Trinajstić information content (AvgIpc) is 2.81. The van der Waals surface area contributed by atoms with Crippen molar-refractivity contribution in [1.82, 2.24) is 15.5 Å². The van der Waals surface area contributed by atoms with E-state index in [-0.39, 0.29) is 11.4 Å². The Hall–Kier alpha value is -1.49. The number of carbonyl (C=O) groups is 1. The SMILES string of the molecule is Cc1cc(C(=O)NC2(CN)CCCC2)c(C)nn1. The van der Waals surface area contributed by atoms with E-state index >= 15 is 0 Å². The molecule has 98 valence electrons. The van der Waals surface area contributed by atoms with Crippen LogP contribution in [0.1, 0.15) is 47.4 Å². The second kappa shape index (κ2) is 5.02. The standard InChI is InChI=1S/C13H20N4O/c1-9-7-11(10(2)17-16-9)12(18)15-13(8-14)5-3-4-6-13/h7H,3-6,8,14H2,1-2H3,(H,15,18). The van der Waals surface area contributed by atoms with Crippen LogP contribution in [0.4, 0.5) is 0 Å². The van der Waals surface area contributed by atoms with Gasteiger partial charge in [0.25, 0.3) is 5.91 Å². The van der Waals surface area contributed by atoms with Gasteiger partial charge in [-0.15, -0.1) is 0 Å². The van der Waals surface area contributed by atoms with Gasteiger partial charge in [0.2, 0.25) is 0 Å². The zero-order valence-electron chi connectivity index (χ0n) is 11.0. The van der Waals surface area contributed by atoms with E-state index in [9.17, 15) is 4.79 Å². The lowest BCUT2D eigenvalue weighted by atomic mass is 9.97. The molecule has 0 radical (unpaired) electrons. The highest BCUT2D eigenvalue weighted by Gasteiger charge is 2.34. The number of aryl methyl sites for hydroxylation is 2. The first-order chi connectivity index (χ1) is 8.56. The van der Waals surface area contributed by atoms with Crippen molar-refractivity contribution in [2.45, 2.75) is 45.1 Å². The number of nitrogens with zero attached hydrogens (tertiary/aromatic N) is 2. The first-order valence-electron chi connectivity index (χ1n) is 6.40. The highest BCUT2D eigenvalue weighted by Crippen LogP contribution is 2.29. The van der Waals surface area contributed by atoms with E-state index in [1.807, 2.05) is 6.92 Å². The Morgan fingerprint density at radius 3 is 2.67 bits per heavy atom. The van der Waals surface area contributed by atoms with Crippen molar-refractivity contribution in [1.29, 1.82) is 0 Å². The lowest BCUT2D eigenvalue weighted by Gasteiger charge is -2.28. The van der Waals surface area contributed by atoms with Gasteiger partial charge in [0.1, 0.15) is 0 Å². The van der Waals surface area contributed by atoms with E-state index in [1.165, 1.54) is 0 Å². The summed E-state index contributed by atoms with van der Waals surface area (Å²) in [5, 5.41) is 11.0. The fourth-order valence-corrected chi connectivity index (χ4v) is 2.52. The topological polar surface area (TPSA) is 80.9 Å². The molecule has 0 atom stereocenters. The monoisotopic (exact) mass is 248 g/mol. The molecule has 18 heavy (non-hydrogen) atoms. The number of nitrogens with one attached hydrogen (secondary N) is 1. The summed E-state index contributed by atoms with van der Waals surface area (Å²) in [6.07, 6.45) is 4.19. The van der Waals surface area contributed by atoms with Crippen molar-refractivity contribution in [3.63, 3.8) is 0 Å². The van der Waals surface area contributed by atoms with Gasteiger partial charge in [0.15, 0.2) is 0 Å². The molecular weight excluding hydrogens is 228 g/mol. The van der Waals surface area contributed by atoms with Gasteiger partial charge in [-0.05, 0) is 32.8 Å². The van der Waals surface area contributed by atoms with Gasteiger partial charge in [0.05, 0.1) is 22.5 Å². The third-order valence-electron chi connectivity index (χ3n) is 3.68. The highest BCUT2D eigenvalue weighted by atomic mass is 16.1. The molecular formula is C13H20N4O. The number of nitrogens with two attached hydrogens (primary N) is 1. The van der Waals surface area contributed by atoms with Crippen molar-refractivity contribution in [3.8, 4) is 0 Å². The van der Waals surface area contributed by atoms with Crippen molar-refractivity contribution >= 4 is 5.91 Å². The molecule has 0 spiro atoms. The Bertz CT molecular complexity index is 452. The summed E-state index contributed by atoms with van der Waals surface area (Å²) in [5.41, 5.74) is 7.60. The number of rotatable bonds is 3. The summed E-state index contributed by atoms with van der Waals surface area (Å²) in [7, 11) is 0. The van der Waals surface area contributed by atoms with Gasteiger partial charge in [0, 0.05) is 6.54 Å². The summed E-state index contributed by atoms with van der Waals surface area (Å²) in [4.78, 5) is 12.3. The Balaban J connectivity index is 2.18. The van der Waals surface area contributed by atoms with Crippen LogP contribution in [-0.2, 0) is 0 Å². The molecule has 1 fully saturated rings. The number of aromatic nitrogens is 2. The summed E-state index contributed by atoms with van der Waals surface area (Å²) in [6, 6.07) is 1.77. The quantitative estimate of drug-likeness (QED) is 0.839. The van der Waals surface area contributed by atoms with Gasteiger partial charge in [-0.1, -0.05) is 12.8 Å². The smallest absolute Gasteiger partial charge is 0.253 e. The molecule has 1 aliphatic carbocycles. The summed E-state index contributed by atoms with van der Waals surface area (Å²) < 4.78 is 0.